The maximum absolute atomic E-state index is 11.4. The first-order valence-electron chi connectivity index (χ1n) is 5.94. The molecule has 0 bridgehead atoms. The Morgan fingerprint density at radius 2 is 1.79 bits per heavy atom. The molecule has 0 aliphatic heterocycles. The molecule has 6 heteroatoms. The lowest BCUT2D eigenvalue weighted by molar-refractivity contribution is -0.121. The summed E-state index contributed by atoms with van der Waals surface area (Å²) in [6.45, 7) is 1.78. The van der Waals surface area contributed by atoms with Gasteiger partial charge in [-0.25, -0.2) is 0 Å². The van der Waals surface area contributed by atoms with Crippen molar-refractivity contribution in [3.63, 3.8) is 0 Å². The fourth-order valence-electron chi connectivity index (χ4n) is 1.35. The first-order chi connectivity index (χ1) is 8.76. The largest absolute Gasteiger partial charge is 0.497 e. The van der Waals surface area contributed by atoms with E-state index >= 15 is 0 Å². The van der Waals surface area contributed by atoms with Crippen molar-refractivity contribution in [1.82, 2.24) is 10.6 Å². The van der Waals surface area contributed by atoms with Crippen molar-refractivity contribution in [1.29, 1.82) is 0 Å². The quantitative estimate of drug-likeness (QED) is 0.706. The van der Waals surface area contributed by atoms with Gasteiger partial charge in [0.05, 0.1) is 20.1 Å². The molecule has 1 aromatic carbocycles. The summed E-state index contributed by atoms with van der Waals surface area (Å²) in [4.78, 5) is 11.4. The second kappa shape index (κ2) is 10.5. The Balaban J connectivity index is 0.00000324. The van der Waals surface area contributed by atoms with Crippen LogP contribution in [0, 0.1) is 0 Å². The molecule has 19 heavy (non-hydrogen) atoms. The number of hydrogen-bond donors (Lipinski definition) is 2. The maximum Gasteiger partial charge on any atom is 0.223 e. The van der Waals surface area contributed by atoms with Gasteiger partial charge >= 0.3 is 0 Å². The summed E-state index contributed by atoms with van der Waals surface area (Å²) in [6, 6.07) is 7.28. The van der Waals surface area contributed by atoms with Crippen LogP contribution < -0.4 is 20.1 Å². The molecule has 0 saturated carbocycles. The summed E-state index contributed by atoms with van der Waals surface area (Å²) in [5, 5.41) is 5.74. The molecule has 108 valence electrons. The molecule has 1 rings (SSSR count). The van der Waals surface area contributed by atoms with Gasteiger partial charge in [-0.15, -0.1) is 12.4 Å². The number of benzene rings is 1. The number of hydrogen-bond acceptors (Lipinski definition) is 4. The predicted octanol–water partition coefficient (Wildman–Crippen LogP) is 1.22. The molecule has 0 saturated heterocycles. The van der Waals surface area contributed by atoms with Crippen LogP contribution in [0.1, 0.15) is 6.42 Å². The minimum atomic E-state index is -0.00115. The standard InChI is InChI=1S/C13H20N2O3.ClH/c1-14-8-9-15-13(16)7-10-18-12-5-3-11(17-2)4-6-12;/h3-6,14H,7-10H2,1-2H3,(H,15,16);1H. The highest BCUT2D eigenvalue weighted by molar-refractivity contribution is 5.85. The number of halogens is 1. The molecule has 0 fully saturated rings. The van der Waals surface area contributed by atoms with Crippen LogP contribution in [0.2, 0.25) is 0 Å². The predicted molar refractivity (Wildman–Crippen MR) is 77.3 cm³/mol. The van der Waals surface area contributed by atoms with Gasteiger partial charge in [-0.2, -0.15) is 0 Å². The second-order valence-corrected chi connectivity index (χ2v) is 3.73. The van der Waals surface area contributed by atoms with Gasteiger partial charge in [0.15, 0.2) is 0 Å². The molecule has 1 aromatic rings. The molecule has 0 atom stereocenters. The molecule has 0 aliphatic carbocycles. The summed E-state index contributed by atoms with van der Waals surface area (Å²) in [7, 11) is 3.46. The summed E-state index contributed by atoms with van der Waals surface area (Å²) in [5.74, 6) is 1.52. The van der Waals surface area contributed by atoms with Gasteiger partial charge < -0.3 is 20.1 Å². The second-order valence-electron chi connectivity index (χ2n) is 3.73. The number of amides is 1. The Morgan fingerprint density at radius 1 is 1.16 bits per heavy atom. The minimum absolute atomic E-state index is 0. The van der Waals surface area contributed by atoms with E-state index < -0.39 is 0 Å². The van der Waals surface area contributed by atoms with Crippen molar-refractivity contribution in [2.75, 3.05) is 33.9 Å². The highest BCUT2D eigenvalue weighted by Gasteiger charge is 2.01. The fourth-order valence-corrected chi connectivity index (χ4v) is 1.35. The molecular formula is C13H21ClN2O3. The van der Waals surface area contributed by atoms with Crippen molar-refractivity contribution in [2.24, 2.45) is 0 Å². The first kappa shape index (κ1) is 17.5. The Labute approximate surface area is 120 Å². The number of ether oxygens (including phenoxy) is 2. The molecule has 0 unspecified atom stereocenters. The van der Waals surface area contributed by atoms with Crippen LogP contribution in [0.15, 0.2) is 24.3 Å². The van der Waals surface area contributed by atoms with Crippen LogP contribution >= 0.6 is 12.4 Å². The van der Waals surface area contributed by atoms with Crippen LogP contribution in [0.4, 0.5) is 0 Å². The van der Waals surface area contributed by atoms with Gasteiger partial charge in [0.25, 0.3) is 0 Å². The lowest BCUT2D eigenvalue weighted by atomic mass is 10.3. The molecule has 0 heterocycles. The van der Waals surface area contributed by atoms with E-state index in [0.29, 0.717) is 19.6 Å². The summed E-state index contributed by atoms with van der Waals surface area (Å²) < 4.78 is 10.5. The van der Waals surface area contributed by atoms with Crippen molar-refractivity contribution in [2.45, 2.75) is 6.42 Å². The van der Waals surface area contributed by atoms with E-state index in [1.807, 2.05) is 31.3 Å². The van der Waals surface area contributed by atoms with E-state index in [2.05, 4.69) is 10.6 Å². The first-order valence-corrected chi connectivity index (χ1v) is 5.94. The van der Waals surface area contributed by atoms with Crippen molar-refractivity contribution < 1.29 is 14.3 Å². The van der Waals surface area contributed by atoms with Gasteiger partial charge in [-0.3, -0.25) is 4.79 Å². The van der Waals surface area contributed by atoms with E-state index in [9.17, 15) is 4.79 Å². The molecule has 0 aromatic heterocycles. The maximum atomic E-state index is 11.4. The van der Waals surface area contributed by atoms with Crippen LogP contribution in [0.5, 0.6) is 11.5 Å². The highest BCUT2D eigenvalue weighted by atomic mass is 35.5. The smallest absolute Gasteiger partial charge is 0.223 e. The van der Waals surface area contributed by atoms with Gasteiger partial charge in [0.1, 0.15) is 11.5 Å². The fraction of sp³-hybridized carbons (Fsp3) is 0.462. The van der Waals surface area contributed by atoms with Gasteiger partial charge in [-0.05, 0) is 31.3 Å². The number of rotatable bonds is 8. The monoisotopic (exact) mass is 288 g/mol. The zero-order valence-electron chi connectivity index (χ0n) is 11.3. The summed E-state index contributed by atoms with van der Waals surface area (Å²) in [6.07, 6.45) is 0.357. The SMILES string of the molecule is CNCCNC(=O)CCOc1ccc(OC)cc1.Cl. The average Bonchev–Trinajstić information content (AvgIpc) is 2.40. The van der Waals surface area contributed by atoms with Gasteiger partial charge in [0.2, 0.25) is 5.91 Å². The van der Waals surface area contributed by atoms with E-state index in [0.717, 1.165) is 18.0 Å². The molecule has 0 aliphatic rings. The Morgan fingerprint density at radius 3 is 2.37 bits per heavy atom. The van der Waals surface area contributed by atoms with Crippen molar-refractivity contribution >= 4 is 18.3 Å². The average molecular weight is 289 g/mol. The van der Waals surface area contributed by atoms with Gasteiger partial charge in [0, 0.05) is 13.1 Å². The third-order valence-corrected chi connectivity index (χ3v) is 2.35. The number of carbonyl (C=O) groups excluding carboxylic acids is 1. The van der Waals surface area contributed by atoms with E-state index in [1.54, 1.807) is 7.11 Å². The highest BCUT2D eigenvalue weighted by Crippen LogP contribution is 2.16. The topological polar surface area (TPSA) is 59.6 Å². The van der Waals surface area contributed by atoms with Crippen LogP contribution in [0.3, 0.4) is 0 Å². The van der Waals surface area contributed by atoms with Crippen molar-refractivity contribution in [3.8, 4) is 11.5 Å². The molecule has 5 nitrogen and oxygen atoms in total. The number of carbonyl (C=O) groups is 1. The molecule has 0 spiro atoms. The molecular weight excluding hydrogens is 268 g/mol. The van der Waals surface area contributed by atoms with Gasteiger partial charge in [-0.1, -0.05) is 0 Å². The Bertz CT molecular complexity index is 357. The Kier molecular flexibility index (Phi) is 9.66. The summed E-state index contributed by atoms with van der Waals surface area (Å²) in [5.41, 5.74) is 0. The van der Waals surface area contributed by atoms with Crippen LogP contribution in [-0.4, -0.2) is 39.8 Å². The number of likely N-dealkylation sites (N-methyl/N-ethyl adjacent to an activating group) is 1. The van der Waals surface area contributed by atoms with E-state index in [4.69, 9.17) is 9.47 Å². The zero-order valence-corrected chi connectivity index (χ0v) is 12.1. The lowest BCUT2D eigenvalue weighted by Gasteiger charge is -2.07. The Hall–Kier alpha value is -1.46. The minimum Gasteiger partial charge on any atom is -0.497 e. The van der Waals surface area contributed by atoms with E-state index in [1.165, 1.54) is 0 Å². The molecule has 1 amide bonds. The zero-order chi connectivity index (χ0) is 13.2. The molecule has 2 N–H and O–H groups in total. The molecule has 0 radical (unpaired) electrons. The lowest BCUT2D eigenvalue weighted by Crippen LogP contribution is -2.31. The third kappa shape index (κ3) is 7.54. The van der Waals surface area contributed by atoms with Crippen LogP contribution in [-0.2, 0) is 4.79 Å². The summed E-state index contributed by atoms with van der Waals surface area (Å²) >= 11 is 0. The van der Waals surface area contributed by atoms with E-state index in [-0.39, 0.29) is 18.3 Å². The normalized spacial score (nSPS) is 9.37. The van der Waals surface area contributed by atoms with Crippen molar-refractivity contribution in [3.05, 3.63) is 24.3 Å². The number of nitrogens with one attached hydrogen (secondary N) is 2. The number of methoxy groups -OCH3 is 1. The van der Waals surface area contributed by atoms with Crippen LogP contribution in [0.25, 0.3) is 0 Å². The third-order valence-electron chi connectivity index (χ3n) is 2.35.